The fourth-order valence-corrected chi connectivity index (χ4v) is 5.57. The zero-order chi connectivity index (χ0) is 35.7. The minimum atomic E-state index is -1.55. The normalized spacial score (nSPS) is 14.3. The van der Waals surface area contributed by atoms with Gasteiger partial charge in [-0.25, -0.2) is 4.79 Å². The highest BCUT2D eigenvalue weighted by Gasteiger charge is 2.54. The lowest BCUT2D eigenvalue weighted by atomic mass is 9.77. The summed E-state index contributed by atoms with van der Waals surface area (Å²) in [6, 6.07) is 14.3. The number of carbonyl (C=O) groups is 4. The van der Waals surface area contributed by atoms with E-state index in [4.69, 9.17) is 18.9 Å². The maximum atomic E-state index is 13.5. The van der Waals surface area contributed by atoms with Crippen LogP contribution in [0.1, 0.15) is 98.2 Å². The van der Waals surface area contributed by atoms with Crippen molar-refractivity contribution < 1.29 is 48.3 Å². The van der Waals surface area contributed by atoms with E-state index in [-0.39, 0.29) is 53.6 Å². The quantitative estimate of drug-likeness (QED) is 0.139. The molecule has 49 heavy (non-hydrogen) atoms. The Hall–Kier alpha value is -4.74. The van der Waals surface area contributed by atoms with E-state index >= 15 is 0 Å². The van der Waals surface area contributed by atoms with Gasteiger partial charge >= 0.3 is 17.9 Å². The molecule has 2 aliphatic rings. The maximum Gasteiger partial charge on any atom is 0.340 e. The molecule has 1 spiro atoms. The Morgan fingerprint density at radius 2 is 1.33 bits per heavy atom. The maximum absolute atomic E-state index is 13.5. The highest BCUT2D eigenvalue weighted by molar-refractivity contribution is 6.00. The van der Waals surface area contributed by atoms with Gasteiger partial charge in [0, 0.05) is 60.1 Å². The molecule has 0 radical (unpaired) electrons. The van der Waals surface area contributed by atoms with Crippen molar-refractivity contribution in [3.05, 3.63) is 82.4 Å². The molecule has 3 aromatic rings. The van der Waals surface area contributed by atoms with E-state index in [0.717, 1.165) is 6.42 Å². The van der Waals surface area contributed by atoms with Crippen molar-refractivity contribution in [1.29, 1.82) is 0 Å². The van der Waals surface area contributed by atoms with Crippen LogP contribution in [-0.2, 0) is 19.9 Å². The number of fused-ring (bicyclic) bond motifs is 6. The number of ether oxygens (including phenoxy) is 4. The molecule has 0 unspecified atom stereocenters. The fourth-order valence-electron chi connectivity index (χ4n) is 5.57. The third-order valence-electron chi connectivity index (χ3n) is 8.50. The van der Waals surface area contributed by atoms with Crippen molar-refractivity contribution >= 4 is 23.8 Å². The van der Waals surface area contributed by atoms with Gasteiger partial charge in [-0.05, 0) is 96.8 Å². The van der Waals surface area contributed by atoms with E-state index in [1.54, 1.807) is 84.0 Å². The van der Waals surface area contributed by atoms with Crippen LogP contribution in [0.4, 0.5) is 0 Å². The Balaban J connectivity index is 1.54. The predicted octanol–water partition coefficient (Wildman–Crippen LogP) is 5.66. The van der Waals surface area contributed by atoms with Crippen molar-refractivity contribution in [2.24, 2.45) is 16.7 Å². The number of amides is 1. The monoisotopic (exact) mass is 673 g/mol. The molecule has 0 saturated carbocycles. The summed E-state index contributed by atoms with van der Waals surface area (Å²) < 4.78 is 23.9. The van der Waals surface area contributed by atoms with E-state index in [2.05, 4.69) is 5.32 Å². The first-order valence-electron chi connectivity index (χ1n) is 16.4. The average molecular weight is 674 g/mol. The standard InChI is InChI=1S/C38H43NO10/c1-36(2,3)34(44)46-24-11-14-27-30(18-24)48-31-19-25(47-35(45)37(4,5)6)12-15-28(31)38(27)29-17-23(10-13-26(29)33(43)49-38)32(42)39-16-8-7-9-22(20-40)21-41/h10-15,17-19,22,40-41H,7-9,16,20-21H2,1-6H3,(H,39,42). The Morgan fingerprint density at radius 1 is 0.776 bits per heavy atom. The van der Waals surface area contributed by atoms with Gasteiger partial charge in [0.2, 0.25) is 0 Å². The minimum Gasteiger partial charge on any atom is -0.456 e. The second kappa shape index (κ2) is 13.6. The van der Waals surface area contributed by atoms with Crippen molar-refractivity contribution in [2.45, 2.75) is 66.4 Å². The van der Waals surface area contributed by atoms with Gasteiger partial charge in [0.05, 0.1) is 16.4 Å². The molecule has 3 N–H and O–H groups in total. The van der Waals surface area contributed by atoms with Gasteiger partial charge < -0.3 is 34.5 Å². The van der Waals surface area contributed by atoms with E-state index < -0.39 is 34.3 Å². The van der Waals surface area contributed by atoms with Gasteiger partial charge in [-0.2, -0.15) is 0 Å². The Kier molecular flexibility index (Phi) is 9.90. The summed E-state index contributed by atoms with van der Waals surface area (Å²) in [5, 5.41) is 21.5. The molecule has 3 aromatic carbocycles. The highest BCUT2D eigenvalue weighted by Crippen LogP contribution is 2.57. The second-order valence-electron chi connectivity index (χ2n) is 14.5. The van der Waals surface area contributed by atoms with Crippen molar-refractivity contribution in [1.82, 2.24) is 5.32 Å². The molecule has 0 saturated heterocycles. The summed E-state index contributed by atoms with van der Waals surface area (Å²) in [5.41, 5.74) is -1.20. The first-order valence-corrected chi connectivity index (χ1v) is 16.4. The number of benzene rings is 3. The molecular formula is C38H43NO10. The SMILES string of the molecule is CC(C)(C)C(=O)Oc1ccc2c(c1)Oc1cc(OC(=O)C(C)(C)C)ccc1C21OC(=O)c2ccc(C(=O)NCCCCC(CO)CO)cc21. The topological polar surface area (TPSA) is 158 Å². The zero-order valence-corrected chi connectivity index (χ0v) is 28.7. The summed E-state index contributed by atoms with van der Waals surface area (Å²) in [6.07, 6.45) is 2.01. The molecule has 0 aliphatic carbocycles. The molecule has 0 aromatic heterocycles. The Bertz CT molecular complexity index is 1700. The number of carbonyl (C=O) groups excluding carboxylic acids is 4. The third-order valence-corrected chi connectivity index (χ3v) is 8.50. The smallest absolute Gasteiger partial charge is 0.340 e. The first kappa shape index (κ1) is 35.6. The van der Waals surface area contributed by atoms with Crippen molar-refractivity contribution in [2.75, 3.05) is 19.8 Å². The minimum absolute atomic E-state index is 0.0927. The molecule has 11 nitrogen and oxygen atoms in total. The zero-order valence-electron chi connectivity index (χ0n) is 28.7. The van der Waals surface area contributed by atoms with Gasteiger partial charge in [0.1, 0.15) is 23.0 Å². The average Bonchev–Trinajstić information content (AvgIpc) is 3.33. The Labute approximate surface area is 285 Å². The number of hydrogen-bond donors (Lipinski definition) is 3. The van der Waals surface area contributed by atoms with Crippen LogP contribution in [0.3, 0.4) is 0 Å². The van der Waals surface area contributed by atoms with Gasteiger partial charge in [-0.1, -0.05) is 6.42 Å². The molecule has 0 bridgehead atoms. The van der Waals surface area contributed by atoms with Crippen LogP contribution in [0.25, 0.3) is 0 Å². The number of aliphatic hydroxyl groups excluding tert-OH is 2. The van der Waals surface area contributed by atoms with Crippen LogP contribution >= 0.6 is 0 Å². The van der Waals surface area contributed by atoms with Crippen LogP contribution in [0.2, 0.25) is 0 Å². The molecule has 2 heterocycles. The van der Waals surface area contributed by atoms with Gasteiger partial charge in [-0.15, -0.1) is 0 Å². The van der Waals surface area contributed by atoms with E-state index in [1.165, 1.54) is 12.1 Å². The molecule has 11 heteroatoms. The van der Waals surface area contributed by atoms with Crippen molar-refractivity contribution in [3.63, 3.8) is 0 Å². The van der Waals surface area contributed by atoms with Crippen LogP contribution in [0.5, 0.6) is 23.0 Å². The van der Waals surface area contributed by atoms with Gasteiger partial charge in [0.25, 0.3) is 5.91 Å². The molecular weight excluding hydrogens is 630 g/mol. The number of rotatable bonds is 10. The lowest BCUT2D eigenvalue weighted by Crippen LogP contribution is -2.33. The lowest BCUT2D eigenvalue weighted by molar-refractivity contribution is -0.143. The summed E-state index contributed by atoms with van der Waals surface area (Å²) in [4.78, 5) is 52.2. The highest BCUT2D eigenvalue weighted by atomic mass is 16.6. The number of esters is 3. The van der Waals surface area contributed by atoms with Crippen LogP contribution in [0, 0.1) is 16.7 Å². The molecule has 0 atom stereocenters. The van der Waals surface area contributed by atoms with Crippen LogP contribution in [0.15, 0.2) is 54.6 Å². The van der Waals surface area contributed by atoms with Crippen LogP contribution in [-0.4, -0.2) is 53.8 Å². The fraction of sp³-hybridized carbons (Fsp3) is 0.421. The van der Waals surface area contributed by atoms with E-state index in [9.17, 15) is 29.4 Å². The largest absolute Gasteiger partial charge is 0.456 e. The van der Waals surface area contributed by atoms with E-state index in [0.29, 0.717) is 41.6 Å². The first-order chi connectivity index (χ1) is 23.1. The predicted molar refractivity (Wildman–Crippen MR) is 179 cm³/mol. The molecule has 260 valence electrons. The molecule has 5 rings (SSSR count). The molecule has 2 aliphatic heterocycles. The number of aliphatic hydroxyl groups is 2. The van der Waals surface area contributed by atoms with Gasteiger partial charge in [0.15, 0.2) is 5.60 Å². The number of hydrogen-bond acceptors (Lipinski definition) is 10. The summed E-state index contributed by atoms with van der Waals surface area (Å²) in [5.74, 6) is -1.13. The van der Waals surface area contributed by atoms with E-state index in [1.807, 2.05) is 0 Å². The summed E-state index contributed by atoms with van der Waals surface area (Å²) >= 11 is 0. The lowest BCUT2D eigenvalue weighted by Gasteiger charge is -2.37. The van der Waals surface area contributed by atoms with Gasteiger partial charge in [-0.3, -0.25) is 14.4 Å². The van der Waals surface area contributed by atoms with Crippen LogP contribution < -0.4 is 19.5 Å². The Morgan fingerprint density at radius 3 is 1.84 bits per heavy atom. The molecule has 0 fully saturated rings. The summed E-state index contributed by atoms with van der Waals surface area (Å²) in [7, 11) is 0. The number of nitrogens with one attached hydrogen (secondary N) is 1. The molecule has 1 amide bonds. The van der Waals surface area contributed by atoms with Crippen molar-refractivity contribution in [3.8, 4) is 23.0 Å². The second-order valence-corrected chi connectivity index (χ2v) is 14.5. The number of unbranched alkanes of at least 4 members (excludes halogenated alkanes) is 1. The third kappa shape index (κ3) is 7.18. The summed E-state index contributed by atoms with van der Waals surface area (Å²) in [6.45, 7) is 10.6.